The van der Waals surface area contributed by atoms with Crippen molar-refractivity contribution in [1.82, 2.24) is 4.98 Å². The third-order valence-corrected chi connectivity index (χ3v) is 11.6. The molecule has 0 spiro atoms. The predicted octanol–water partition coefficient (Wildman–Crippen LogP) is 14.8. The number of pyridine rings is 1. The smallest absolute Gasteiger partial charge is 0.0708 e. The fourth-order valence-corrected chi connectivity index (χ4v) is 8.66. The van der Waals surface area contributed by atoms with Crippen LogP contribution in [0.5, 0.6) is 0 Å². The van der Waals surface area contributed by atoms with Crippen molar-refractivity contribution in [3.63, 3.8) is 0 Å². The summed E-state index contributed by atoms with van der Waals surface area (Å²) in [6.45, 7) is 4.69. The summed E-state index contributed by atoms with van der Waals surface area (Å²) in [5, 5.41) is 0. The molecule has 0 amide bonds. The number of hydrogen-bond donors (Lipinski definition) is 0. The molecule has 2 heteroatoms. The molecule has 1 aromatic heterocycles. The van der Waals surface area contributed by atoms with Crippen LogP contribution in [0.25, 0.3) is 56.8 Å². The van der Waals surface area contributed by atoms with Crippen LogP contribution in [0.2, 0.25) is 0 Å². The molecule has 8 aromatic rings. The number of rotatable bonds is 10. The zero-order chi connectivity index (χ0) is 37.9. The lowest BCUT2D eigenvalue weighted by atomic mass is 9.73. The normalized spacial score (nSPS) is 12.7. The average Bonchev–Trinajstić information content (AvgIpc) is 3.55. The van der Waals surface area contributed by atoms with Crippen molar-refractivity contribution < 1.29 is 0 Å². The van der Waals surface area contributed by atoms with E-state index >= 15 is 0 Å². The molecule has 270 valence electrons. The van der Waals surface area contributed by atoms with E-state index in [0.717, 1.165) is 35.5 Å². The summed E-state index contributed by atoms with van der Waals surface area (Å²) in [5.74, 6) is 0. The van der Waals surface area contributed by atoms with Crippen LogP contribution in [0.3, 0.4) is 0 Å². The molecule has 0 fully saturated rings. The second-order valence-corrected chi connectivity index (χ2v) is 14.6. The number of fused-ring (bicyclic) bond motifs is 3. The molecule has 0 aliphatic heterocycles. The number of para-hydroxylation sites is 2. The SMILES string of the molecule is CCC1(CC)c2cc(/C=C/c3ccc(-c4cc(-c5ccccc5)ccc4-c4ccccn4)cc3)ccc2-c2ccc(N(c3ccccc3)c3ccccc3)cc21. The molecule has 2 nitrogen and oxygen atoms in total. The summed E-state index contributed by atoms with van der Waals surface area (Å²) in [4.78, 5) is 7.08. The van der Waals surface area contributed by atoms with Gasteiger partial charge in [0.05, 0.1) is 5.69 Å². The maximum Gasteiger partial charge on any atom is 0.0708 e. The Morgan fingerprint density at radius 3 is 1.62 bits per heavy atom. The Labute approximate surface area is 331 Å². The van der Waals surface area contributed by atoms with E-state index in [4.69, 9.17) is 4.98 Å². The Hall–Kier alpha value is -6.77. The van der Waals surface area contributed by atoms with Gasteiger partial charge >= 0.3 is 0 Å². The summed E-state index contributed by atoms with van der Waals surface area (Å²) in [5.41, 5.74) is 18.2. The largest absolute Gasteiger partial charge is 0.310 e. The van der Waals surface area contributed by atoms with Crippen molar-refractivity contribution >= 4 is 29.2 Å². The summed E-state index contributed by atoms with van der Waals surface area (Å²) >= 11 is 0. The van der Waals surface area contributed by atoms with Crippen LogP contribution in [-0.2, 0) is 5.41 Å². The van der Waals surface area contributed by atoms with Crippen molar-refractivity contribution in [3.8, 4) is 44.6 Å². The highest BCUT2D eigenvalue weighted by Gasteiger charge is 2.41. The van der Waals surface area contributed by atoms with Gasteiger partial charge in [-0.05, 0) is 123 Å². The van der Waals surface area contributed by atoms with Gasteiger partial charge in [0.25, 0.3) is 0 Å². The molecule has 56 heavy (non-hydrogen) atoms. The van der Waals surface area contributed by atoms with Gasteiger partial charge < -0.3 is 4.90 Å². The maximum absolute atomic E-state index is 4.70. The number of benzene rings is 7. The molecule has 0 N–H and O–H groups in total. The third kappa shape index (κ3) is 6.44. The molecule has 7 aromatic carbocycles. The Balaban J connectivity index is 1.03. The first-order valence-electron chi connectivity index (χ1n) is 19.7. The van der Waals surface area contributed by atoms with E-state index in [1.54, 1.807) is 0 Å². The van der Waals surface area contributed by atoms with Gasteiger partial charge in [-0.1, -0.05) is 159 Å². The van der Waals surface area contributed by atoms with E-state index in [9.17, 15) is 0 Å². The van der Waals surface area contributed by atoms with E-state index in [-0.39, 0.29) is 5.41 Å². The van der Waals surface area contributed by atoms with Gasteiger partial charge in [-0.3, -0.25) is 4.98 Å². The van der Waals surface area contributed by atoms with Crippen molar-refractivity contribution in [1.29, 1.82) is 0 Å². The van der Waals surface area contributed by atoms with E-state index in [0.29, 0.717) is 0 Å². The standard InChI is InChI=1S/C54H44N2/c1-3-54(4-2)51-36-40(27-32-47(51)48-34-31-46(38-52(48)54)56(44-18-10-6-11-19-44)45-20-12-7-13-21-45)24-23-39-25-28-42(29-26-39)50-37-43(41-16-8-5-9-17-41)30-33-49(50)53-22-14-15-35-55-53/h5-38H,3-4H2,1-2H3/b24-23+. The van der Waals surface area contributed by atoms with Gasteiger partial charge in [-0.2, -0.15) is 0 Å². The van der Waals surface area contributed by atoms with Crippen LogP contribution in [-0.4, -0.2) is 4.98 Å². The van der Waals surface area contributed by atoms with Crippen LogP contribution < -0.4 is 4.90 Å². The highest BCUT2D eigenvalue weighted by atomic mass is 15.1. The van der Waals surface area contributed by atoms with E-state index in [1.807, 2.05) is 12.3 Å². The van der Waals surface area contributed by atoms with E-state index < -0.39 is 0 Å². The zero-order valence-electron chi connectivity index (χ0n) is 31.9. The molecule has 0 saturated heterocycles. The number of aromatic nitrogens is 1. The summed E-state index contributed by atoms with van der Waals surface area (Å²) in [7, 11) is 0. The van der Waals surface area contributed by atoms with Crippen LogP contribution in [0.1, 0.15) is 48.9 Å². The monoisotopic (exact) mass is 720 g/mol. The molecule has 0 saturated carbocycles. The predicted molar refractivity (Wildman–Crippen MR) is 237 cm³/mol. The first kappa shape index (κ1) is 35.0. The van der Waals surface area contributed by atoms with Crippen LogP contribution in [0.15, 0.2) is 194 Å². The second kappa shape index (κ2) is 15.2. The lowest BCUT2D eigenvalue weighted by molar-refractivity contribution is 0.490. The summed E-state index contributed by atoms with van der Waals surface area (Å²) < 4.78 is 0. The number of nitrogens with zero attached hydrogens (tertiary/aromatic N) is 2. The van der Waals surface area contributed by atoms with Gasteiger partial charge in [0, 0.05) is 34.2 Å². The molecule has 1 aliphatic rings. The first-order chi connectivity index (χ1) is 27.6. The molecule has 9 rings (SSSR count). The Morgan fingerprint density at radius 1 is 0.429 bits per heavy atom. The second-order valence-electron chi connectivity index (χ2n) is 14.6. The molecular weight excluding hydrogens is 677 g/mol. The van der Waals surface area contributed by atoms with Crippen molar-refractivity contribution in [2.45, 2.75) is 32.1 Å². The lowest BCUT2D eigenvalue weighted by Crippen LogP contribution is -2.23. The lowest BCUT2D eigenvalue weighted by Gasteiger charge is -2.32. The maximum atomic E-state index is 4.70. The quantitative estimate of drug-likeness (QED) is 0.131. The molecule has 0 atom stereocenters. The van der Waals surface area contributed by atoms with Crippen molar-refractivity contribution in [3.05, 3.63) is 217 Å². The molecule has 0 radical (unpaired) electrons. The highest BCUT2D eigenvalue weighted by Crippen LogP contribution is 2.54. The third-order valence-electron chi connectivity index (χ3n) is 11.6. The zero-order valence-corrected chi connectivity index (χ0v) is 31.9. The van der Waals surface area contributed by atoms with Gasteiger partial charge in [-0.15, -0.1) is 0 Å². The van der Waals surface area contributed by atoms with Crippen LogP contribution in [0, 0.1) is 0 Å². The van der Waals surface area contributed by atoms with Crippen molar-refractivity contribution in [2.75, 3.05) is 4.90 Å². The fraction of sp³-hybridized carbons (Fsp3) is 0.0926. The molecular formula is C54H44N2. The van der Waals surface area contributed by atoms with Gasteiger partial charge in [0.1, 0.15) is 0 Å². The van der Waals surface area contributed by atoms with Gasteiger partial charge in [-0.25, -0.2) is 0 Å². The minimum absolute atomic E-state index is 0.0647. The first-order valence-corrected chi connectivity index (χ1v) is 19.7. The van der Waals surface area contributed by atoms with E-state index in [2.05, 4.69) is 213 Å². The summed E-state index contributed by atoms with van der Waals surface area (Å²) in [6.07, 6.45) is 8.43. The Kier molecular flexibility index (Phi) is 9.47. The van der Waals surface area contributed by atoms with Crippen LogP contribution in [0.4, 0.5) is 17.1 Å². The minimum atomic E-state index is -0.0647. The van der Waals surface area contributed by atoms with Gasteiger partial charge in [0.2, 0.25) is 0 Å². The molecule has 1 aliphatic carbocycles. The average molecular weight is 721 g/mol. The fourth-order valence-electron chi connectivity index (χ4n) is 8.66. The molecule has 0 bridgehead atoms. The van der Waals surface area contributed by atoms with Gasteiger partial charge in [0.15, 0.2) is 0 Å². The number of hydrogen-bond acceptors (Lipinski definition) is 2. The minimum Gasteiger partial charge on any atom is -0.310 e. The van der Waals surface area contributed by atoms with E-state index in [1.165, 1.54) is 61.3 Å². The number of anilines is 3. The Morgan fingerprint density at radius 2 is 0.982 bits per heavy atom. The summed E-state index contributed by atoms with van der Waals surface area (Å²) in [6, 6.07) is 67.8. The topological polar surface area (TPSA) is 16.1 Å². The highest BCUT2D eigenvalue weighted by molar-refractivity contribution is 5.88. The van der Waals surface area contributed by atoms with Crippen LogP contribution >= 0.6 is 0 Å². The molecule has 1 heterocycles. The Bertz CT molecular complexity index is 2580. The molecule has 0 unspecified atom stereocenters. The van der Waals surface area contributed by atoms with Crippen molar-refractivity contribution in [2.24, 2.45) is 0 Å².